The summed E-state index contributed by atoms with van der Waals surface area (Å²) in [5.74, 6) is 0.442. The third-order valence-corrected chi connectivity index (χ3v) is 7.83. The fourth-order valence-corrected chi connectivity index (χ4v) is 5.92. The van der Waals surface area contributed by atoms with Crippen molar-refractivity contribution in [2.75, 3.05) is 38.0 Å². The molecule has 0 spiro atoms. The minimum atomic E-state index is -3.37. The lowest BCUT2D eigenvalue weighted by molar-refractivity contribution is 0.272. The Kier molecular flexibility index (Phi) is 8.00. The van der Waals surface area contributed by atoms with Gasteiger partial charge in [0.1, 0.15) is 11.5 Å². The zero-order valence-electron chi connectivity index (χ0n) is 19.5. The van der Waals surface area contributed by atoms with Crippen molar-refractivity contribution in [3.8, 4) is 5.75 Å². The van der Waals surface area contributed by atoms with E-state index in [-0.39, 0.29) is 5.92 Å². The molecule has 0 aliphatic carbocycles. The van der Waals surface area contributed by atoms with Gasteiger partial charge in [0.25, 0.3) is 7.37 Å². The van der Waals surface area contributed by atoms with Crippen LogP contribution in [-0.2, 0) is 9.09 Å². The smallest absolute Gasteiger partial charge is 0.258 e. The van der Waals surface area contributed by atoms with Gasteiger partial charge in [-0.1, -0.05) is 44.2 Å². The molecule has 0 fully saturated rings. The summed E-state index contributed by atoms with van der Waals surface area (Å²) in [5.41, 5.74) is 2.80. The van der Waals surface area contributed by atoms with Crippen molar-refractivity contribution in [3.05, 3.63) is 84.4 Å². The molecule has 0 amide bonds. The summed E-state index contributed by atoms with van der Waals surface area (Å²) in [6.45, 7) is 4.52. The molecule has 0 radical (unpaired) electrons. The van der Waals surface area contributed by atoms with Crippen LogP contribution in [0, 0.1) is 5.92 Å². The lowest BCUT2D eigenvalue weighted by Crippen LogP contribution is -2.22. The Hall–Kier alpha value is -2.75. The van der Waals surface area contributed by atoms with Gasteiger partial charge in [0, 0.05) is 30.8 Å². The zero-order valence-corrected chi connectivity index (χ0v) is 20.4. The van der Waals surface area contributed by atoms with Crippen molar-refractivity contribution in [2.24, 2.45) is 5.92 Å². The number of nitrogens with zero attached hydrogens (tertiary/aromatic N) is 1. The van der Waals surface area contributed by atoms with Crippen molar-refractivity contribution in [1.82, 2.24) is 0 Å². The summed E-state index contributed by atoms with van der Waals surface area (Å²) in [6, 6.07) is 25.3. The van der Waals surface area contributed by atoms with Crippen LogP contribution in [0.25, 0.3) is 0 Å². The molecule has 170 valence electrons. The maximum Gasteiger partial charge on any atom is 0.258 e. The first-order valence-electron chi connectivity index (χ1n) is 10.8. The van der Waals surface area contributed by atoms with Crippen molar-refractivity contribution in [1.29, 1.82) is 0 Å². The summed E-state index contributed by atoms with van der Waals surface area (Å²) in [7, 11) is 2.24. The second-order valence-electron chi connectivity index (χ2n) is 8.38. The Morgan fingerprint density at radius 3 is 2.06 bits per heavy atom. The highest BCUT2D eigenvalue weighted by Crippen LogP contribution is 2.59. The van der Waals surface area contributed by atoms with Gasteiger partial charge in [-0.2, -0.15) is 0 Å². The molecule has 0 aliphatic rings. The number of rotatable bonds is 10. The van der Waals surface area contributed by atoms with Gasteiger partial charge in [-0.3, -0.25) is 4.57 Å². The minimum absolute atomic E-state index is 0.248. The first-order chi connectivity index (χ1) is 15.3. The fraction of sp³-hybridized carbons (Fsp3) is 0.308. The van der Waals surface area contributed by atoms with E-state index in [1.54, 1.807) is 7.11 Å². The SMILES string of the molecule is COc1ccc([C@@H](Nc2ccccc2)[P@@](=O)(OCC(C)C)c2ccc(N(C)C)cc2)cc1. The Balaban J connectivity index is 2.11. The molecule has 1 N–H and O–H groups in total. The number of ether oxygens (including phenoxy) is 1. The average Bonchev–Trinajstić information content (AvgIpc) is 2.82. The van der Waals surface area contributed by atoms with Crippen LogP contribution in [0.3, 0.4) is 0 Å². The molecular formula is C26H33N2O3P. The monoisotopic (exact) mass is 452 g/mol. The molecule has 3 aromatic rings. The van der Waals surface area contributed by atoms with Crippen LogP contribution in [0.2, 0.25) is 0 Å². The van der Waals surface area contributed by atoms with Crippen molar-refractivity contribution in [2.45, 2.75) is 19.6 Å². The summed E-state index contributed by atoms with van der Waals surface area (Å²) in [4.78, 5) is 2.02. The first-order valence-corrected chi connectivity index (χ1v) is 12.5. The van der Waals surface area contributed by atoms with Gasteiger partial charge < -0.3 is 19.5 Å². The van der Waals surface area contributed by atoms with E-state index < -0.39 is 13.2 Å². The minimum Gasteiger partial charge on any atom is -0.497 e. The summed E-state index contributed by atoms with van der Waals surface area (Å²) in [5, 5.41) is 4.18. The maximum absolute atomic E-state index is 14.7. The van der Waals surface area contributed by atoms with Gasteiger partial charge in [0.2, 0.25) is 0 Å². The predicted octanol–water partition coefficient (Wildman–Crippen LogP) is 6.15. The van der Waals surface area contributed by atoms with E-state index in [9.17, 15) is 4.57 Å². The lowest BCUT2D eigenvalue weighted by atomic mass is 10.2. The van der Waals surface area contributed by atoms with Gasteiger partial charge in [-0.15, -0.1) is 0 Å². The second-order valence-corrected chi connectivity index (χ2v) is 10.9. The van der Waals surface area contributed by atoms with E-state index in [2.05, 4.69) is 19.2 Å². The highest BCUT2D eigenvalue weighted by atomic mass is 31.2. The van der Waals surface area contributed by atoms with Gasteiger partial charge in [0.05, 0.1) is 13.7 Å². The third kappa shape index (κ3) is 5.73. The molecule has 0 saturated carbocycles. The highest BCUT2D eigenvalue weighted by molar-refractivity contribution is 7.67. The summed E-state index contributed by atoms with van der Waals surface area (Å²) in [6.07, 6.45) is 0. The van der Waals surface area contributed by atoms with E-state index in [1.807, 2.05) is 97.9 Å². The van der Waals surface area contributed by atoms with E-state index in [1.165, 1.54) is 0 Å². The van der Waals surface area contributed by atoms with E-state index in [0.717, 1.165) is 22.7 Å². The van der Waals surface area contributed by atoms with Crippen molar-refractivity contribution in [3.63, 3.8) is 0 Å². The highest BCUT2D eigenvalue weighted by Gasteiger charge is 2.38. The molecule has 6 heteroatoms. The molecule has 5 nitrogen and oxygen atoms in total. The number of benzene rings is 3. The first kappa shape index (κ1) is 23.9. The Morgan fingerprint density at radius 2 is 1.53 bits per heavy atom. The number of methoxy groups -OCH3 is 1. The number of anilines is 2. The lowest BCUT2D eigenvalue weighted by Gasteiger charge is -2.31. The fourth-order valence-electron chi connectivity index (χ4n) is 3.36. The Morgan fingerprint density at radius 1 is 0.906 bits per heavy atom. The summed E-state index contributed by atoms with van der Waals surface area (Å²) < 4.78 is 26.3. The Labute approximate surface area is 191 Å². The standard InChI is InChI=1S/C26H33N2O3P/c1-20(2)19-31-32(29,25-17-13-23(14-18-25)28(3)4)26(27-22-9-7-6-8-10-22)21-11-15-24(30-5)16-12-21/h6-18,20,26-27H,19H2,1-5H3/t26-,32-/m0/s1. The molecule has 0 aliphatic heterocycles. The van der Waals surface area contributed by atoms with Gasteiger partial charge in [-0.25, -0.2) is 0 Å². The summed E-state index contributed by atoms with van der Waals surface area (Å²) >= 11 is 0. The molecule has 0 bridgehead atoms. The molecule has 3 rings (SSSR count). The van der Waals surface area contributed by atoms with Crippen LogP contribution in [0.15, 0.2) is 78.9 Å². The van der Waals surface area contributed by atoms with Crippen LogP contribution >= 0.6 is 7.37 Å². The Bertz CT molecular complexity index is 1020. The molecule has 2 atom stereocenters. The van der Waals surface area contributed by atoms with Gasteiger partial charge >= 0.3 is 0 Å². The average molecular weight is 453 g/mol. The van der Waals surface area contributed by atoms with Crippen LogP contribution in [0.4, 0.5) is 11.4 Å². The molecule has 3 aromatic carbocycles. The van der Waals surface area contributed by atoms with E-state index in [0.29, 0.717) is 11.9 Å². The molecule has 0 unspecified atom stereocenters. The molecule has 0 heterocycles. The number of para-hydroxylation sites is 1. The van der Waals surface area contributed by atoms with E-state index in [4.69, 9.17) is 9.26 Å². The molecular weight excluding hydrogens is 419 g/mol. The number of nitrogens with one attached hydrogen (secondary N) is 1. The normalized spacial score (nSPS) is 13.9. The van der Waals surface area contributed by atoms with Gasteiger partial charge in [-0.05, 0) is 60.0 Å². The zero-order chi connectivity index (χ0) is 23.1. The van der Waals surface area contributed by atoms with Crippen LogP contribution in [-0.4, -0.2) is 27.8 Å². The molecule has 0 aromatic heterocycles. The van der Waals surface area contributed by atoms with Crippen molar-refractivity contribution >= 4 is 24.0 Å². The van der Waals surface area contributed by atoms with Crippen LogP contribution in [0.5, 0.6) is 5.75 Å². The van der Waals surface area contributed by atoms with Crippen LogP contribution in [0.1, 0.15) is 25.2 Å². The predicted molar refractivity (Wildman–Crippen MR) is 135 cm³/mol. The number of hydrogen-bond donors (Lipinski definition) is 1. The van der Waals surface area contributed by atoms with Gasteiger partial charge in [0.15, 0.2) is 0 Å². The maximum atomic E-state index is 14.7. The number of hydrogen-bond acceptors (Lipinski definition) is 5. The van der Waals surface area contributed by atoms with Crippen LogP contribution < -0.4 is 20.3 Å². The molecule has 32 heavy (non-hydrogen) atoms. The molecule has 0 saturated heterocycles. The largest absolute Gasteiger partial charge is 0.497 e. The van der Waals surface area contributed by atoms with E-state index >= 15 is 0 Å². The third-order valence-electron chi connectivity index (χ3n) is 5.17. The topological polar surface area (TPSA) is 50.8 Å². The second kappa shape index (κ2) is 10.7. The quantitative estimate of drug-likeness (QED) is 0.374. The van der Waals surface area contributed by atoms with Crippen molar-refractivity contribution < 1.29 is 13.8 Å².